The molecule has 0 spiro atoms. The second-order valence-electron chi connectivity index (χ2n) is 4.07. The van der Waals surface area contributed by atoms with E-state index in [1.165, 1.54) is 12.3 Å². The highest BCUT2D eigenvalue weighted by atomic mass is 16.5. The van der Waals surface area contributed by atoms with Crippen LogP contribution in [0.1, 0.15) is 24.3 Å². The van der Waals surface area contributed by atoms with E-state index in [-0.39, 0.29) is 17.2 Å². The summed E-state index contributed by atoms with van der Waals surface area (Å²) >= 11 is 0. The molecule has 0 aliphatic carbocycles. The summed E-state index contributed by atoms with van der Waals surface area (Å²) in [6, 6.07) is 10.7. The molecule has 94 valence electrons. The quantitative estimate of drug-likeness (QED) is 0.897. The molecular formula is C14H15NO3. The van der Waals surface area contributed by atoms with E-state index in [0.717, 1.165) is 5.56 Å². The maximum Gasteiger partial charge on any atom is 0.227 e. The van der Waals surface area contributed by atoms with Gasteiger partial charge in [-0.15, -0.1) is 0 Å². The van der Waals surface area contributed by atoms with Gasteiger partial charge in [-0.3, -0.25) is 4.79 Å². The first kappa shape index (κ1) is 12.4. The van der Waals surface area contributed by atoms with E-state index in [1.54, 1.807) is 6.92 Å². The summed E-state index contributed by atoms with van der Waals surface area (Å²) in [6.45, 7) is 2.09. The Morgan fingerprint density at radius 3 is 2.67 bits per heavy atom. The number of hydrogen-bond donors (Lipinski definition) is 1. The smallest absolute Gasteiger partial charge is 0.227 e. The number of ether oxygens (including phenoxy) is 1. The summed E-state index contributed by atoms with van der Waals surface area (Å²) in [5, 5.41) is 0. The van der Waals surface area contributed by atoms with Gasteiger partial charge in [0, 0.05) is 6.07 Å². The van der Waals surface area contributed by atoms with Crippen molar-refractivity contribution in [3.63, 3.8) is 0 Å². The van der Waals surface area contributed by atoms with Gasteiger partial charge in [-0.05, 0) is 12.5 Å². The lowest BCUT2D eigenvalue weighted by molar-refractivity contribution is 0.288. The van der Waals surface area contributed by atoms with Crippen LogP contribution in [0, 0.1) is 0 Å². The zero-order chi connectivity index (χ0) is 13.0. The van der Waals surface area contributed by atoms with Crippen LogP contribution in [0.2, 0.25) is 0 Å². The van der Waals surface area contributed by atoms with E-state index in [0.29, 0.717) is 12.4 Å². The Morgan fingerprint density at radius 2 is 2.06 bits per heavy atom. The molecule has 0 aliphatic heterocycles. The maximum atomic E-state index is 11.7. The molecule has 0 bridgehead atoms. The highest BCUT2D eigenvalue weighted by Crippen LogP contribution is 2.12. The molecule has 0 saturated heterocycles. The van der Waals surface area contributed by atoms with Crippen molar-refractivity contribution in [3.8, 4) is 5.75 Å². The van der Waals surface area contributed by atoms with Crippen LogP contribution in [-0.2, 0) is 6.61 Å². The van der Waals surface area contributed by atoms with Crippen molar-refractivity contribution in [2.45, 2.75) is 19.6 Å². The third kappa shape index (κ3) is 2.99. The molecule has 0 saturated carbocycles. The Balaban J connectivity index is 2.09. The largest absolute Gasteiger partial charge is 0.482 e. The van der Waals surface area contributed by atoms with E-state index in [9.17, 15) is 4.79 Å². The normalized spacial score (nSPS) is 12.1. The van der Waals surface area contributed by atoms with Gasteiger partial charge in [-0.25, -0.2) is 0 Å². The Morgan fingerprint density at radius 1 is 1.33 bits per heavy atom. The van der Waals surface area contributed by atoms with Crippen LogP contribution < -0.4 is 15.9 Å². The van der Waals surface area contributed by atoms with Crippen LogP contribution in [0.25, 0.3) is 0 Å². The topological polar surface area (TPSA) is 65.5 Å². The zero-order valence-corrected chi connectivity index (χ0v) is 10.1. The second-order valence-corrected chi connectivity index (χ2v) is 4.07. The molecule has 1 heterocycles. The summed E-state index contributed by atoms with van der Waals surface area (Å²) in [5.41, 5.74) is 6.40. The highest BCUT2D eigenvalue weighted by molar-refractivity contribution is 5.20. The number of benzene rings is 1. The Kier molecular flexibility index (Phi) is 3.79. The first-order valence-corrected chi connectivity index (χ1v) is 5.72. The number of rotatable bonds is 4. The summed E-state index contributed by atoms with van der Waals surface area (Å²) in [7, 11) is 0. The Hall–Kier alpha value is -2.07. The van der Waals surface area contributed by atoms with E-state index in [2.05, 4.69) is 0 Å². The highest BCUT2D eigenvalue weighted by Gasteiger charge is 2.07. The van der Waals surface area contributed by atoms with Gasteiger partial charge in [0.05, 0.1) is 6.04 Å². The maximum absolute atomic E-state index is 11.7. The first-order valence-electron chi connectivity index (χ1n) is 5.72. The van der Waals surface area contributed by atoms with Crippen LogP contribution in [0.3, 0.4) is 0 Å². The molecule has 18 heavy (non-hydrogen) atoms. The van der Waals surface area contributed by atoms with Gasteiger partial charge in [0.15, 0.2) is 0 Å². The molecule has 1 atom stereocenters. The van der Waals surface area contributed by atoms with Gasteiger partial charge in [0.25, 0.3) is 0 Å². The molecule has 1 aromatic carbocycles. The van der Waals surface area contributed by atoms with Crippen molar-refractivity contribution >= 4 is 0 Å². The van der Waals surface area contributed by atoms with Gasteiger partial charge in [-0.1, -0.05) is 30.3 Å². The molecule has 0 aliphatic rings. The predicted molar refractivity (Wildman–Crippen MR) is 68.4 cm³/mol. The van der Waals surface area contributed by atoms with Gasteiger partial charge < -0.3 is 14.9 Å². The molecule has 1 unspecified atom stereocenters. The first-order chi connectivity index (χ1) is 8.66. The van der Waals surface area contributed by atoms with E-state index < -0.39 is 0 Å². The lowest BCUT2D eigenvalue weighted by atomic mass is 10.2. The van der Waals surface area contributed by atoms with Gasteiger partial charge in [-0.2, -0.15) is 0 Å². The minimum absolute atomic E-state index is 0.197. The number of hydrogen-bond acceptors (Lipinski definition) is 4. The van der Waals surface area contributed by atoms with Crippen LogP contribution in [0.15, 0.2) is 51.9 Å². The van der Waals surface area contributed by atoms with Crippen LogP contribution in [-0.4, -0.2) is 0 Å². The minimum atomic E-state index is -0.305. The molecule has 4 nitrogen and oxygen atoms in total. The van der Waals surface area contributed by atoms with Crippen molar-refractivity contribution in [1.82, 2.24) is 0 Å². The fourth-order valence-electron chi connectivity index (χ4n) is 1.49. The van der Waals surface area contributed by atoms with Crippen molar-refractivity contribution in [2.24, 2.45) is 5.73 Å². The zero-order valence-electron chi connectivity index (χ0n) is 10.1. The average Bonchev–Trinajstić information content (AvgIpc) is 2.38. The van der Waals surface area contributed by atoms with Crippen molar-refractivity contribution in [2.75, 3.05) is 0 Å². The molecule has 2 rings (SSSR count). The Labute approximate surface area is 105 Å². The van der Waals surface area contributed by atoms with E-state index >= 15 is 0 Å². The minimum Gasteiger partial charge on any atom is -0.482 e. The Bertz CT molecular complexity index is 561. The molecule has 2 aromatic rings. The lowest BCUT2D eigenvalue weighted by Gasteiger charge is -2.07. The van der Waals surface area contributed by atoms with Crippen molar-refractivity contribution in [1.29, 1.82) is 0 Å². The molecule has 0 amide bonds. The van der Waals surface area contributed by atoms with Gasteiger partial charge >= 0.3 is 0 Å². The molecule has 2 N–H and O–H groups in total. The third-order valence-electron chi connectivity index (χ3n) is 2.50. The molecular weight excluding hydrogens is 230 g/mol. The third-order valence-corrected chi connectivity index (χ3v) is 2.50. The average molecular weight is 245 g/mol. The van der Waals surface area contributed by atoms with Gasteiger partial charge in [0.1, 0.15) is 18.6 Å². The fraction of sp³-hybridized carbons (Fsp3) is 0.214. The van der Waals surface area contributed by atoms with Crippen LogP contribution in [0.5, 0.6) is 5.75 Å². The summed E-state index contributed by atoms with van der Waals surface area (Å²) in [6.07, 6.45) is 1.31. The number of nitrogens with two attached hydrogens (primary N) is 1. The van der Waals surface area contributed by atoms with E-state index in [4.69, 9.17) is 14.9 Å². The fourth-order valence-corrected chi connectivity index (χ4v) is 1.49. The predicted octanol–water partition coefficient (Wildman–Crippen LogP) is 2.24. The van der Waals surface area contributed by atoms with Gasteiger partial charge in [0.2, 0.25) is 11.2 Å². The monoisotopic (exact) mass is 245 g/mol. The van der Waals surface area contributed by atoms with Crippen molar-refractivity contribution in [3.05, 3.63) is 64.2 Å². The lowest BCUT2D eigenvalue weighted by Crippen LogP contribution is -2.12. The summed E-state index contributed by atoms with van der Waals surface area (Å²) < 4.78 is 10.6. The van der Waals surface area contributed by atoms with Crippen molar-refractivity contribution < 1.29 is 9.15 Å². The van der Waals surface area contributed by atoms with E-state index in [1.807, 2.05) is 30.3 Å². The van der Waals surface area contributed by atoms with Crippen LogP contribution >= 0.6 is 0 Å². The second kappa shape index (κ2) is 5.51. The van der Waals surface area contributed by atoms with Crippen LogP contribution in [0.4, 0.5) is 0 Å². The summed E-state index contributed by atoms with van der Waals surface area (Å²) in [5.74, 6) is 0.648. The molecule has 0 fully saturated rings. The summed E-state index contributed by atoms with van der Waals surface area (Å²) in [4.78, 5) is 11.7. The molecule has 1 aromatic heterocycles. The molecule has 0 radical (unpaired) electrons. The molecule has 4 heteroatoms. The standard InChI is InChI=1S/C14H15NO3/c1-10(15)13-7-12(16)14(9-18-13)17-8-11-5-3-2-4-6-11/h2-7,9-10H,8,15H2,1H3. The SMILES string of the molecule is CC(N)c1cc(=O)c(OCc2ccccc2)co1.